The highest BCUT2D eigenvalue weighted by atomic mass is 16.5. The van der Waals surface area contributed by atoms with E-state index in [2.05, 4.69) is 30.5 Å². The van der Waals surface area contributed by atoms with E-state index in [0.29, 0.717) is 12.5 Å². The molecule has 2 rings (SSSR count). The number of hydrogen-bond acceptors (Lipinski definition) is 3. The first-order chi connectivity index (χ1) is 11.1. The Labute approximate surface area is 137 Å². The predicted octanol–water partition coefficient (Wildman–Crippen LogP) is 3.55. The average molecular weight is 312 g/mol. The maximum Gasteiger partial charge on any atom is 0.239 e. The number of methoxy groups -OCH3 is 1. The van der Waals surface area contributed by atoms with E-state index >= 15 is 0 Å². The van der Waals surface area contributed by atoms with Crippen LogP contribution in [0.25, 0.3) is 0 Å². The van der Waals surface area contributed by atoms with Gasteiger partial charge in [-0.2, -0.15) is 0 Å². The van der Waals surface area contributed by atoms with Crippen molar-refractivity contribution in [3.63, 3.8) is 0 Å². The number of carbonyl (C=O) groups is 1. The van der Waals surface area contributed by atoms with Crippen LogP contribution in [0.3, 0.4) is 0 Å². The molecule has 4 nitrogen and oxygen atoms in total. The van der Waals surface area contributed by atoms with Crippen molar-refractivity contribution in [2.75, 3.05) is 19.0 Å². The van der Waals surface area contributed by atoms with Gasteiger partial charge in [-0.3, -0.25) is 4.79 Å². The number of amides is 1. The second-order valence-electron chi connectivity index (χ2n) is 5.68. The van der Waals surface area contributed by atoms with Gasteiger partial charge in [0.15, 0.2) is 0 Å². The van der Waals surface area contributed by atoms with Gasteiger partial charge in [0.2, 0.25) is 5.91 Å². The predicted molar refractivity (Wildman–Crippen MR) is 93.9 cm³/mol. The minimum absolute atomic E-state index is 0.0468. The highest BCUT2D eigenvalue weighted by molar-refractivity contribution is 5.81. The fraction of sp³-hybridized carbons (Fsp3) is 0.316. The van der Waals surface area contributed by atoms with Crippen LogP contribution in [0.1, 0.15) is 30.9 Å². The highest BCUT2D eigenvalue weighted by Crippen LogP contribution is 2.23. The number of carbonyl (C=O) groups excluding carboxylic acids is 1. The Morgan fingerprint density at radius 2 is 1.78 bits per heavy atom. The van der Waals surface area contributed by atoms with Crippen molar-refractivity contribution in [2.45, 2.75) is 26.3 Å². The second kappa shape index (κ2) is 8.22. The molecule has 2 aromatic rings. The molecule has 23 heavy (non-hydrogen) atoms. The molecule has 0 aliphatic heterocycles. The zero-order valence-corrected chi connectivity index (χ0v) is 13.9. The zero-order valence-electron chi connectivity index (χ0n) is 13.9. The van der Waals surface area contributed by atoms with Crippen molar-refractivity contribution in [1.29, 1.82) is 0 Å². The molecule has 2 aromatic carbocycles. The molecule has 0 fully saturated rings. The molecule has 0 atom stereocenters. The van der Waals surface area contributed by atoms with Gasteiger partial charge in [-0.1, -0.05) is 50.2 Å². The Hall–Kier alpha value is -2.49. The van der Waals surface area contributed by atoms with E-state index < -0.39 is 0 Å². The lowest BCUT2D eigenvalue weighted by Gasteiger charge is -2.14. The normalized spacial score (nSPS) is 10.4. The molecule has 4 heteroatoms. The first kappa shape index (κ1) is 16.9. The summed E-state index contributed by atoms with van der Waals surface area (Å²) in [5, 5.41) is 6.13. The molecule has 0 radical (unpaired) electrons. The topological polar surface area (TPSA) is 50.4 Å². The molecule has 2 N–H and O–H groups in total. The molecule has 122 valence electrons. The van der Waals surface area contributed by atoms with Crippen molar-refractivity contribution in [3.05, 3.63) is 59.7 Å². The molecule has 0 saturated heterocycles. The summed E-state index contributed by atoms with van der Waals surface area (Å²) in [5.74, 6) is 1.15. The Balaban J connectivity index is 1.89. The molecule has 0 saturated carbocycles. The number of hydrogen-bond donors (Lipinski definition) is 2. The summed E-state index contributed by atoms with van der Waals surface area (Å²) in [7, 11) is 1.63. The number of ether oxygens (including phenoxy) is 1. The minimum atomic E-state index is -0.0468. The third-order valence-corrected chi connectivity index (χ3v) is 3.69. The van der Waals surface area contributed by atoms with Gasteiger partial charge in [0.25, 0.3) is 0 Å². The SMILES string of the molecule is COc1ccccc1CNC(=O)CNc1ccccc1C(C)C. The maximum atomic E-state index is 12.1. The van der Waals surface area contributed by atoms with E-state index in [4.69, 9.17) is 4.74 Å². The Morgan fingerprint density at radius 3 is 2.52 bits per heavy atom. The van der Waals surface area contributed by atoms with Crippen molar-refractivity contribution >= 4 is 11.6 Å². The third kappa shape index (κ3) is 4.74. The highest BCUT2D eigenvalue weighted by Gasteiger charge is 2.08. The van der Waals surface area contributed by atoms with Gasteiger partial charge in [-0.05, 0) is 23.6 Å². The number of rotatable bonds is 7. The summed E-state index contributed by atoms with van der Waals surface area (Å²) >= 11 is 0. The van der Waals surface area contributed by atoms with E-state index in [1.807, 2.05) is 42.5 Å². The molecule has 0 bridgehead atoms. The fourth-order valence-corrected chi connectivity index (χ4v) is 2.44. The van der Waals surface area contributed by atoms with Crippen molar-refractivity contribution < 1.29 is 9.53 Å². The fourth-order valence-electron chi connectivity index (χ4n) is 2.44. The number of para-hydroxylation sites is 2. The molecule has 0 aliphatic rings. The van der Waals surface area contributed by atoms with E-state index in [1.165, 1.54) is 5.56 Å². The quantitative estimate of drug-likeness (QED) is 0.822. The van der Waals surface area contributed by atoms with Crippen LogP contribution >= 0.6 is 0 Å². The summed E-state index contributed by atoms with van der Waals surface area (Å²) in [6.07, 6.45) is 0. The molecular weight excluding hydrogens is 288 g/mol. The Bertz CT molecular complexity index is 653. The smallest absolute Gasteiger partial charge is 0.239 e. The lowest BCUT2D eigenvalue weighted by atomic mass is 10.0. The van der Waals surface area contributed by atoms with Crippen LogP contribution in [-0.2, 0) is 11.3 Å². The number of anilines is 1. The molecule has 0 aromatic heterocycles. The number of benzene rings is 2. The monoisotopic (exact) mass is 312 g/mol. The third-order valence-electron chi connectivity index (χ3n) is 3.69. The van der Waals surface area contributed by atoms with Crippen LogP contribution in [0.4, 0.5) is 5.69 Å². The summed E-state index contributed by atoms with van der Waals surface area (Å²) in [6.45, 7) is 4.99. The molecule has 1 amide bonds. The summed E-state index contributed by atoms with van der Waals surface area (Å²) in [6, 6.07) is 15.8. The summed E-state index contributed by atoms with van der Waals surface area (Å²) in [5.41, 5.74) is 3.19. The van der Waals surface area contributed by atoms with E-state index in [9.17, 15) is 4.79 Å². The average Bonchev–Trinajstić information content (AvgIpc) is 2.58. The molecule has 0 unspecified atom stereocenters. The van der Waals surface area contributed by atoms with Gasteiger partial charge in [-0.25, -0.2) is 0 Å². The van der Waals surface area contributed by atoms with Gasteiger partial charge in [-0.15, -0.1) is 0 Å². The van der Waals surface area contributed by atoms with Crippen LogP contribution in [0.2, 0.25) is 0 Å². The van der Waals surface area contributed by atoms with Gasteiger partial charge >= 0.3 is 0 Å². The van der Waals surface area contributed by atoms with Crippen LogP contribution < -0.4 is 15.4 Å². The van der Waals surface area contributed by atoms with E-state index in [0.717, 1.165) is 17.0 Å². The lowest BCUT2D eigenvalue weighted by Crippen LogP contribution is -2.29. The van der Waals surface area contributed by atoms with Crippen LogP contribution in [0.15, 0.2) is 48.5 Å². The standard InChI is InChI=1S/C19H24N2O2/c1-14(2)16-9-5-6-10-17(16)20-13-19(22)21-12-15-8-4-7-11-18(15)23-3/h4-11,14,20H,12-13H2,1-3H3,(H,21,22). The first-order valence-corrected chi connectivity index (χ1v) is 7.83. The lowest BCUT2D eigenvalue weighted by molar-refractivity contribution is -0.119. The van der Waals surface area contributed by atoms with Gasteiger partial charge < -0.3 is 15.4 Å². The molecule has 0 aliphatic carbocycles. The van der Waals surface area contributed by atoms with Crippen molar-refractivity contribution in [1.82, 2.24) is 5.32 Å². The van der Waals surface area contributed by atoms with E-state index in [-0.39, 0.29) is 12.5 Å². The van der Waals surface area contributed by atoms with Gasteiger partial charge in [0.05, 0.1) is 13.7 Å². The number of nitrogens with one attached hydrogen (secondary N) is 2. The zero-order chi connectivity index (χ0) is 16.7. The van der Waals surface area contributed by atoms with Crippen LogP contribution in [0, 0.1) is 0 Å². The molecular formula is C19H24N2O2. The van der Waals surface area contributed by atoms with Crippen LogP contribution in [0.5, 0.6) is 5.75 Å². The Kier molecular flexibility index (Phi) is 6.03. The van der Waals surface area contributed by atoms with E-state index in [1.54, 1.807) is 7.11 Å². The van der Waals surface area contributed by atoms with Gasteiger partial charge in [0, 0.05) is 17.8 Å². The van der Waals surface area contributed by atoms with Crippen molar-refractivity contribution in [2.24, 2.45) is 0 Å². The maximum absolute atomic E-state index is 12.1. The van der Waals surface area contributed by atoms with Crippen LogP contribution in [-0.4, -0.2) is 19.6 Å². The summed E-state index contributed by atoms with van der Waals surface area (Å²) in [4.78, 5) is 12.1. The summed E-state index contributed by atoms with van der Waals surface area (Å²) < 4.78 is 5.28. The molecule has 0 spiro atoms. The largest absolute Gasteiger partial charge is 0.496 e. The minimum Gasteiger partial charge on any atom is -0.496 e. The van der Waals surface area contributed by atoms with Gasteiger partial charge in [0.1, 0.15) is 5.75 Å². The molecule has 0 heterocycles. The van der Waals surface area contributed by atoms with Crippen molar-refractivity contribution in [3.8, 4) is 5.75 Å². The first-order valence-electron chi connectivity index (χ1n) is 7.83. The second-order valence-corrected chi connectivity index (χ2v) is 5.68. The Morgan fingerprint density at radius 1 is 1.09 bits per heavy atom.